The highest BCUT2D eigenvalue weighted by atomic mass is 16.3. The van der Waals surface area contributed by atoms with Gasteiger partial charge in [-0.25, -0.2) is 0 Å². The predicted molar refractivity (Wildman–Crippen MR) is 90.1 cm³/mol. The first-order valence-electron chi connectivity index (χ1n) is 8.72. The van der Waals surface area contributed by atoms with E-state index < -0.39 is 0 Å². The normalized spacial score (nSPS) is 25.4. The van der Waals surface area contributed by atoms with E-state index in [0.717, 1.165) is 25.0 Å². The lowest BCUT2D eigenvalue weighted by Gasteiger charge is -2.47. The Balaban J connectivity index is 1.71. The number of pyridine rings is 1. The van der Waals surface area contributed by atoms with Crippen molar-refractivity contribution in [1.82, 2.24) is 9.47 Å². The molecule has 0 aliphatic carbocycles. The van der Waals surface area contributed by atoms with Gasteiger partial charge in [0, 0.05) is 36.8 Å². The molecule has 0 spiro atoms. The molecule has 5 nitrogen and oxygen atoms in total. The number of hydrogen-bond acceptors (Lipinski definition) is 3. The molecule has 0 aromatic carbocycles. The van der Waals surface area contributed by atoms with Crippen molar-refractivity contribution in [2.24, 2.45) is 5.92 Å². The van der Waals surface area contributed by atoms with Crippen molar-refractivity contribution < 1.29 is 9.21 Å². The SMILES string of the molecule is CCC[C@H]1[C@H]2C[C@H](CN(C(=O)c3ccoc3)C2)c2cccc(=O)n21. The fraction of sp³-hybridized carbons (Fsp3) is 0.474. The number of nitrogens with zero attached hydrogens (tertiary/aromatic N) is 2. The third kappa shape index (κ3) is 2.39. The van der Waals surface area contributed by atoms with E-state index in [1.807, 2.05) is 15.5 Å². The zero-order chi connectivity index (χ0) is 16.7. The Morgan fingerprint density at radius 3 is 2.92 bits per heavy atom. The highest BCUT2D eigenvalue weighted by Crippen LogP contribution is 2.43. The summed E-state index contributed by atoms with van der Waals surface area (Å²) in [6.45, 7) is 3.53. The number of hydrogen-bond donors (Lipinski definition) is 0. The second-order valence-electron chi connectivity index (χ2n) is 6.93. The summed E-state index contributed by atoms with van der Waals surface area (Å²) >= 11 is 0. The van der Waals surface area contributed by atoms with Crippen molar-refractivity contribution in [1.29, 1.82) is 0 Å². The summed E-state index contributed by atoms with van der Waals surface area (Å²) in [4.78, 5) is 27.1. The van der Waals surface area contributed by atoms with Gasteiger partial charge in [-0.3, -0.25) is 9.59 Å². The van der Waals surface area contributed by atoms with E-state index in [1.54, 1.807) is 12.1 Å². The van der Waals surface area contributed by atoms with Gasteiger partial charge < -0.3 is 13.9 Å². The Morgan fingerprint density at radius 1 is 1.29 bits per heavy atom. The maximum Gasteiger partial charge on any atom is 0.257 e. The molecule has 0 unspecified atom stereocenters. The van der Waals surface area contributed by atoms with Gasteiger partial charge >= 0.3 is 0 Å². The molecule has 2 aromatic heterocycles. The molecule has 5 heteroatoms. The van der Waals surface area contributed by atoms with Gasteiger partial charge in [0.2, 0.25) is 0 Å². The van der Waals surface area contributed by atoms with E-state index in [-0.39, 0.29) is 23.4 Å². The van der Waals surface area contributed by atoms with E-state index in [0.29, 0.717) is 24.6 Å². The van der Waals surface area contributed by atoms with Gasteiger partial charge in [-0.05, 0) is 30.9 Å². The third-order valence-corrected chi connectivity index (χ3v) is 5.44. The Kier molecular flexibility index (Phi) is 3.79. The Labute approximate surface area is 140 Å². The topological polar surface area (TPSA) is 55.5 Å². The number of amides is 1. The van der Waals surface area contributed by atoms with Gasteiger partial charge in [0.1, 0.15) is 6.26 Å². The molecule has 0 N–H and O–H groups in total. The molecule has 2 aliphatic rings. The number of likely N-dealkylation sites (tertiary alicyclic amines) is 1. The van der Waals surface area contributed by atoms with Crippen LogP contribution >= 0.6 is 0 Å². The lowest BCUT2D eigenvalue weighted by molar-refractivity contribution is 0.0518. The number of furan rings is 1. The van der Waals surface area contributed by atoms with Crippen LogP contribution in [0, 0.1) is 5.92 Å². The van der Waals surface area contributed by atoms with Crippen LogP contribution < -0.4 is 5.56 Å². The van der Waals surface area contributed by atoms with Crippen molar-refractivity contribution in [2.45, 2.75) is 38.1 Å². The molecular formula is C19H22N2O3. The smallest absolute Gasteiger partial charge is 0.257 e. The summed E-state index contributed by atoms with van der Waals surface area (Å²) in [5.74, 6) is 0.606. The minimum absolute atomic E-state index is 0.0282. The van der Waals surface area contributed by atoms with Gasteiger partial charge in [-0.1, -0.05) is 19.4 Å². The van der Waals surface area contributed by atoms with Crippen LogP contribution in [0.4, 0.5) is 0 Å². The van der Waals surface area contributed by atoms with Crippen molar-refractivity contribution in [3.05, 3.63) is 58.4 Å². The minimum Gasteiger partial charge on any atom is -0.472 e. The second kappa shape index (κ2) is 5.96. The lowest BCUT2D eigenvalue weighted by atomic mass is 9.77. The molecule has 2 aliphatic heterocycles. The molecule has 4 rings (SSSR count). The second-order valence-corrected chi connectivity index (χ2v) is 6.93. The number of rotatable bonds is 3. The first-order chi connectivity index (χ1) is 11.7. The van der Waals surface area contributed by atoms with Gasteiger partial charge in [0.05, 0.1) is 11.8 Å². The predicted octanol–water partition coefficient (Wildman–Crippen LogP) is 3.04. The van der Waals surface area contributed by atoms with Crippen LogP contribution in [0.5, 0.6) is 0 Å². The Bertz CT molecular complexity index is 793. The third-order valence-electron chi connectivity index (χ3n) is 5.44. The fourth-order valence-corrected chi connectivity index (χ4v) is 4.44. The van der Waals surface area contributed by atoms with Crippen LogP contribution in [-0.2, 0) is 0 Å². The molecule has 126 valence electrons. The quantitative estimate of drug-likeness (QED) is 0.871. The van der Waals surface area contributed by atoms with Crippen molar-refractivity contribution in [3.63, 3.8) is 0 Å². The summed E-state index contributed by atoms with van der Waals surface area (Å²) in [6.07, 6.45) is 6.11. The maximum atomic E-state index is 12.7. The fourth-order valence-electron chi connectivity index (χ4n) is 4.44. The summed E-state index contributed by atoms with van der Waals surface area (Å²) in [6, 6.07) is 7.46. The summed E-state index contributed by atoms with van der Waals surface area (Å²) in [5.41, 5.74) is 1.78. The summed E-state index contributed by atoms with van der Waals surface area (Å²) in [7, 11) is 0. The molecule has 2 aromatic rings. The number of aromatic nitrogens is 1. The van der Waals surface area contributed by atoms with Crippen molar-refractivity contribution >= 4 is 5.91 Å². The standard InChI is InChI=1S/C19H22N2O3/c1-2-4-16-14-9-15(17-5-3-6-18(22)21(16)17)11-20(10-14)19(23)13-7-8-24-12-13/h3,5-8,12,14-16H,2,4,9-11H2,1H3/t14-,15+,16-/m0/s1. The molecule has 1 saturated heterocycles. The van der Waals surface area contributed by atoms with Crippen LogP contribution in [0.15, 0.2) is 46.0 Å². The summed E-state index contributed by atoms with van der Waals surface area (Å²) in [5, 5.41) is 0. The average Bonchev–Trinajstić information content (AvgIpc) is 3.12. The van der Waals surface area contributed by atoms with Crippen LogP contribution in [0.2, 0.25) is 0 Å². The number of carbonyl (C=O) groups excluding carboxylic acids is 1. The molecular weight excluding hydrogens is 304 g/mol. The Morgan fingerprint density at radius 2 is 2.17 bits per heavy atom. The highest BCUT2D eigenvalue weighted by Gasteiger charge is 2.41. The maximum absolute atomic E-state index is 12.7. The van der Waals surface area contributed by atoms with Crippen molar-refractivity contribution in [2.75, 3.05) is 13.1 Å². The minimum atomic E-state index is 0.0282. The lowest BCUT2D eigenvalue weighted by Crippen LogP contribution is -2.51. The van der Waals surface area contributed by atoms with E-state index in [1.165, 1.54) is 12.5 Å². The van der Waals surface area contributed by atoms with E-state index in [9.17, 15) is 9.59 Å². The van der Waals surface area contributed by atoms with Crippen LogP contribution in [0.25, 0.3) is 0 Å². The van der Waals surface area contributed by atoms with Gasteiger partial charge in [0.25, 0.3) is 11.5 Å². The van der Waals surface area contributed by atoms with E-state index in [2.05, 4.69) is 13.0 Å². The van der Waals surface area contributed by atoms with Crippen molar-refractivity contribution in [3.8, 4) is 0 Å². The zero-order valence-corrected chi connectivity index (χ0v) is 13.9. The van der Waals surface area contributed by atoms with Gasteiger partial charge in [0.15, 0.2) is 0 Å². The molecule has 2 bridgehead atoms. The zero-order valence-electron chi connectivity index (χ0n) is 13.9. The van der Waals surface area contributed by atoms with E-state index in [4.69, 9.17) is 4.42 Å². The largest absolute Gasteiger partial charge is 0.472 e. The molecule has 24 heavy (non-hydrogen) atoms. The molecule has 1 amide bonds. The monoisotopic (exact) mass is 326 g/mol. The molecule has 0 saturated carbocycles. The number of fused-ring (bicyclic) bond motifs is 4. The van der Waals surface area contributed by atoms with Gasteiger partial charge in [-0.15, -0.1) is 0 Å². The summed E-state index contributed by atoms with van der Waals surface area (Å²) < 4.78 is 7.06. The number of piperidine rings is 1. The Hall–Kier alpha value is -2.30. The molecule has 3 atom stereocenters. The number of carbonyl (C=O) groups is 1. The highest BCUT2D eigenvalue weighted by molar-refractivity contribution is 5.94. The average molecular weight is 326 g/mol. The first-order valence-corrected chi connectivity index (χ1v) is 8.72. The molecule has 0 radical (unpaired) electrons. The van der Waals surface area contributed by atoms with Gasteiger partial charge in [-0.2, -0.15) is 0 Å². The first kappa shape index (κ1) is 15.2. The van der Waals surface area contributed by atoms with Crippen LogP contribution in [0.1, 0.15) is 54.2 Å². The molecule has 1 fully saturated rings. The van der Waals surface area contributed by atoms with E-state index >= 15 is 0 Å². The van der Waals surface area contributed by atoms with Crippen LogP contribution in [-0.4, -0.2) is 28.5 Å². The van der Waals surface area contributed by atoms with Crippen LogP contribution in [0.3, 0.4) is 0 Å². The molecule has 4 heterocycles.